The Bertz CT molecular complexity index is 500. The molecular formula is C16H22N4O2. The smallest absolute Gasteiger partial charge is 0.232 e. The Morgan fingerprint density at radius 2 is 1.64 bits per heavy atom. The zero-order chi connectivity index (χ0) is 15.2. The van der Waals surface area contributed by atoms with Gasteiger partial charge in [0.1, 0.15) is 12.2 Å². The van der Waals surface area contributed by atoms with Crippen molar-refractivity contribution in [3.8, 4) is 11.9 Å². The van der Waals surface area contributed by atoms with Gasteiger partial charge in [-0.15, -0.1) is 0 Å². The van der Waals surface area contributed by atoms with E-state index in [2.05, 4.69) is 15.3 Å². The van der Waals surface area contributed by atoms with Crippen molar-refractivity contribution in [3.05, 3.63) is 18.1 Å². The summed E-state index contributed by atoms with van der Waals surface area (Å²) in [6.07, 6.45) is 10.2. The maximum absolute atomic E-state index is 8.70. The molecule has 22 heavy (non-hydrogen) atoms. The van der Waals surface area contributed by atoms with Crippen molar-refractivity contribution in [1.82, 2.24) is 15.3 Å². The monoisotopic (exact) mass is 302 g/mol. The van der Waals surface area contributed by atoms with E-state index in [0.29, 0.717) is 23.8 Å². The first-order valence-electron chi connectivity index (χ1n) is 8.08. The average Bonchev–Trinajstić information content (AvgIpc) is 2.58. The highest BCUT2D eigenvalue weighted by molar-refractivity contribution is 5.18. The molecule has 0 aromatic carbocycles. The molecule has 118 valence electrons. The van der Waals surface area contributed by atoms with E-state index in [9.17, 15) is 0 Å². The molecule has 1 aliphatic carbocycles. The van der Waals surface area contributed by atoms with Crippen LogP contribution in [0, 0.1) is 11.3 Å². The third-order valence-corrected chi connectivity index (χ3v) is 4.32. The van der Waals surface area contributed by atoms with Crippen molar-refractivity contribution in [3.63, 3.8) is 0 Å². The first-order chi connectivity index (χ1) is 10.8. The lowest BCUT2D eigenvalue weighted by atomic mass is 9.94. The fourth-order valence-corrected chi connectivity index (χ4v) is 3.10. The molecule has 2 aliphatic rings. The summed E-state index contributed by atoms with van der Waals surface area (Å²) in [7, 11) is 0. The van der Waals surface area contributed by atoms with Crippen LogP contribution < -0.4 is 10.1 Å². The standard InChI is InChI=1S/C16H22N4O2/c17-9-12-10-20-16(11-19-12)22-14-3-1-13(2-4-14)21-15-5-7-18-8-6-15/h10-11,13-15,18H,1-8H2. The van der Waals surface area contributed by atoms with Gasteiger partial charge in [0, 0.05) is 0 Å². The molecule has 2 heterocycles. The first-order valence-corrected chi connectivity index (χ1v) is 8.08. The Morgan fingerprint density at radius 3 is 2.27 bits per heavy atom. The number of nitrogens with one attached hydrogen (secondary N) is 1. The van der Waals surface area contributed by atoms with Crippen LogP contribution in [0.4, 0.5) is 0 Å². The van der Waals surface area contributed by atoms with Gasteiger partial charge < -0.3 is 14.8 Å². The van der Waals surface area contributed by atoms with Crippen molar-refractivity contribution < 1.29 is 9.47 Å². The average molecular weight is 302 g/mol. The van der Waals surface area contributed by atoms with E-state index in [0.717, 1.165) is 51.6 Å². The lowest BCUT2D eigenvalue weighted by molar-refractivity contribution is -0.0552. The van der Waals surface area contributed by atoms with Crippen LogP contribution in [0.5, 0.6) is 5.88 Å². The second-order valence-electron chi connectivity index (χ2n) is 5.95. The summed E-state index contributed by atoms with van der Waals surface area (Å²) in [6.45, 7) is 2.14. The number of hydrogen-bond acceptors (Lipinski definition) is 6. The zero-order valence-corrected chi connectivity index (χ0v) is 12.7. The van der Waals surface area contributed by atoms with Crippen LogP contribution in [0.2, 0.25) is 0 Å². The minimum absolute atomic E-state index is 0.176. The number of ether oxygens (including phenoxy) is 2. The molecule has 0 unspecified atom stereocenters. The van der Waals surface area contributed by atoms with Gasteiger partial charge in [-0.25, -0.2) is 9.97 Å². The quantitative estimate of drug-likeness (QED) is 0.913. The molecule has 1 saturated heterocycles. The minimum atomic E-state index is 0.176. The van der Waals surface area contributed by atoms with Crippen LogP contribution in [0.15, 0.2) is 12.4 Å². The second kappa shape index (κ2) is 7.52. The predicted octanol–water partition coefficient (Wildman–Crippen LogP) is 1.81. The van der Waals surface area contributed by atoms with Gasteiger partial charge in [-0.1, -0.05) is 0 Å². The maximum Gasteiger partial charge on any atom is 0.232 e. The zero-order valence-electron chi connectivity index (χ0n) is 12.7. The van der Waals surface area contributed by atoms with Gasteiger partial charge in [-0.05, 0) is 51.6 Å². The highest BCUT2D eigenvalue weighted by Gasteiger charge is 2.26. The van der Waals surface area contributed by atoms with Crippen LogP contribution in [0.25, 0.3) is 0 Å². The Balaban J connectivity index is 1.42. The fourth-order valence-electron chi connectivity index (χ4n) is 3.10. The Hall–Kier alpha value is -1.71. The molecule has 6 heteroatoms. The molecule has 3 rings (SSSR count). The van der Waals surface area contributed by atoms with Crippen LogP contribution in [-0.4, -0.2) is 41.4 Å². The topological polar surface area (TPSA) is 80.1 Å². The summed E-state index contributed by atoms with van der Waals surface area (Å²) in [6, 6.07) is 1.95. The van der Waals surface area contributed by atoms with Crippen LogP contribution in [-0.2, 0) is 4.74 Å². The van der Waals surface area contributed by atoms with Gasteiger partial charge in [-0.3, -0.25) is 0 Å². The van der Waals surface area contributed by atoms with Crippen molar-refractivity contribution in [1.29, 1.82) is 5.26 Å². The van der Waals surface area contributed by atoms with E-state index in [1.807, 2.05) is 6.07 Å². The maximum atomic E-state index is 8.70. The van der Waals surface area contributed by atoms with Gasteiger partial charge in [0.05, 0.1) is 24.6 Å². The van der Waals surface area contributed by atoms with Gasteiger partial charge in [-0.2, -0.15) is 5.26 Å². The molecule has 0 amide bonds. The molecule has 0 radical (unpaired) electrons. The van der Waals surface area contributed by atoms with Crippen LogP contribution in [0.3, 0.4) is 0 Å². The summed E-state index contributed by atoms with van der Waals surface area (Å²) in [5.41, 5.74) is 0.312. The molecule has 0 atom stereocenters. The van der Waals surface area contributed by atoms with Gasteiger partial charge in [0.25, 0.3) is 0 Å². The van der Waals surface area contributed by atoms with Gasteiger partial charge >= 0.3 is 0 Å². The molecule has 0 spiro atoms. The number of rotatable bonds is 4. The molecule has 1 saturated carbocycles. The van der Waals surface area contributed by atoms with Crippen molar-refractivity contribution in [2.75, 3.05) is 13.1 Å². The summed E-state index contributed by atoms with van der Waals surface area (Å²) >= 11 is 0. The number of hydrogen-bond donors (Lipinski definition) is 1. The molecule has 1 N–H and O–H groups in total. The number of piperidine rings is 1. The van der Waals surface area contributed by atoms with Crippen molar-refractivity contribution >= 4 is 0 Å². The Kier molecular flexibility index (Phi) is 5.20. The third-order valence-electron chi connectivity index (χ3n) is 4.32. The SMILES string of the molecule is N#Cc1cnc(OC2CCC(OC3CCNCC3)CC2)cn1. The summed E-state index contributed by atoms with van der Waals surface area (Å²) in [5, 5.41) is 12.1. The van der Waals surface area contributed by atoms with E-state index in [4.69, 9.17) is 14.7 Å². The van der Waals surface area contributed by atoms with E-state index in [1.165, 1.54) is 12.4 Å². The largest absolute Gasteiger partial charge is 0.473 e. The lowest BCUT2D eigenvalue weighted by Gasteiger charge is -2.32. The number of nitriles is 1. The highest BCUT2D eigenvalue weighted by Crippen LogP contribution is 2.26. The fraction of sp³-hybridized carbons (Fsp3) is 0.688. The van der Waals surface area contributed by atoms with Gasteiger partial charge in [0.2, 0.25) is 5.88 Å². The first kappa shape index (κ1) is 15.2. The van der Waals surface area contributed by atoms with E-state index in [-0.39, 0.29) is 6.10 Å². The number of nitrogens with zero attached hydrogens (tertiary/aromatic N) is 3. The highest BCUT2D eigenvalue weighted by atomic mass is 16.5. The lowest BCUT2D eigenvalue weighted by Crippen LogP contribution is -2.37. The third kappa shape index (κ3) is 4.15. The van der Waals surface area contributed by atoms with Crippen molar-refractivity contribution in [2.24, 2.45) is 0 Å². The molecule has 0 bridgehead atoms. The van der Waals surface area contributed by atoms with E-state index >= 15 is 0 Å². The summed E-state index contributed by atoms with van der Waals surface area (Å²) in [5.74, 6) is 0.502. The normalized spacial score (nSPS) is 26.3. The second-order valence-corrected chi connectivity index (χ2v) is 5.95. The minimum Gasteiger partial charge on any atom is -0.473 e. The summed E-state index contributed by atoms with van der Waals surface area (Å²) in [4.78, 5) is 8.09. The van der Waals surface area contributed by atoms with Gasteiger partial charge in [0.15, 0.2) is 5.69 Å². The summed E-state index contributed by atoms with van der Waals surface area (Å²) < 4.78 is 12.0. The molecule has 1 aromatic rings. The molecule has 1 aromatic heterocycles. The van der Waals surface area contributed by atoms with Crippen molar-refractivity contribution in [2.45, 2.75) is 56.8 Å². The van der Waals surface area contributed by atoms with E-state index in [1.54, 1.807) is 0 Å². The molecular weight excluding hydrogens is 280 g/mol. The molecule has 6 nitrogen and oxygen atoms in total. The van der Waals surface area contributed by atoms with Crippen LogP contribution >= 0.6 is 0 Å². The number of aromatic nitrogens is 2. The van der Waals surface area contributed by atoms with Crippen LogP contribution in [0.1, 0.15) is 44.2 Å². The Morgan fingerprint density at radius 1 is 0.955 bits per heavy atom. The predicted molar refractivity (Wildman–Crippen MR) is 80.4 cm³/mol. The van der Waals surface area contributed by atoms with E-state index < -0.39 is 0 Å². The molecule has 1 aliphatic heterocycles. The Labute approximate surface area is 130 Å². The molecule has 2 fully saturated rings.